The van der Waals surface area contributed by atoms with Gasteiger partial charge in [-0.25, -0.2) is 0 Å². The summed E-state index contributed by atoms with van der Waals surface area (Å²) < 4.78 is 10.2. The monoisotopic (exact) mass is 223 g/mol. The van der Waals surface area contributed by atoms with Gasteiger partial charge in [0.1, 0.15) is 0 Å². The van der Waals surface area contributed by atoms with Crippen molar-refractivity contribution in [3.05, 3.63) is 40.5 Å². The predicted octanol–water partition coefficient (Wildman–Crippen LogP) is 2.34. The summed E-state index contributed by atoms with van der Waals surface area (Å²) in [4.78, 5) is 10.4. The Balaban J connectivity index is 3.42. The molecule has 0 unspecified atom stereocenters. The minimum absolute atomic E-state index is 0.0116. The normalized spacial score (nSPS) is 9.62. The number of ether oxygens (including phenoxy) is 2. The van der Waals surface area contributed by atoms with Crippen LogP contribution in [0.25, 0.3) is 0 Å². The first-order valence-electron chi connectivity index (χ1n) is 4.64. The highest BCUT2D eigenvalue weighted by molar-refractivity contribution is 5.57. The van der Waals surface area contributed by atoms with E-state index in [-0.39, 0.29) is 5.69 Å². The van der Waals surface area contributed by atoms with Crippen LogP contribution in [0.5, 0.6) is 11.5 Å². The summed E-state index contributed by atoms with van der Waals surface area (Å²) in [5.74, 6) is 0.863. The van der Waals surface area contributed by atoms with Gasteiger partial charge in [0.05, 0.1) is 24.7 Å². The summed E-state index contributed by atoms with van der Waals surface area (Å²) in [6.45, 7) is 3.57. The smallest absolute Gasteiger partial charge is 0.276 e. The highest BCUT2D eigenvalue weighted by Gasteiger charge is 2.20. The van der Waals surface area contributed by atoms with E-state index in [0.717, 1.165) is 0 Å². The molecule has 0 radical (unpaired) electrons. The lowest BCUT2D eigenvalue weighted by Crippen LogP contribution is -2.00. The van der Waals surface area contributed by atoms with Crippen LogP contribution in [0.3, 0.4) is 0 Å². The highest BCUT2D eigenvalue weighted by atomic mass is 16.6. The first-order valence-corrected chi connectivity index (χ1v) is 4.64. The van der Waals surface area contributed by atoms with Gasteiger partial charge in [-0.15, -0.1) is 6.58 Å². The molecule has 0 aliphatic heterocycles. The maximum Gasteiger partial charge on any atom is 0.276 e. The Morgan fingerprint density at radius 1 is 1.44 bits per heavy atom. The fourth-order valence-corrected chi connectivity index (χ4v) is 1.49. The molecule has 16 heavy (non-hydrogen) atoms. The van der Waals surface area contributed by atoms with E-state index in [4.69, 9.17) is 9.47 Å². The molecule has 0 atom stereocenters. The summed E-state index contributed by atoms with van der Waals surface area (Å²) >= 11 is 0. The molecule has 0 N–H and O–H groups in total. The summed E-state index contributed by atoms with van der Waals surface area (Å²) in [6, 6.07) is 2.92. The molecule has 0 bridgehead atoms. The number of nitro benzene ring substituents is 1. The third-order valence-electron chi connectivity index (χ3n) is 2.17. The zero-order chi connectivity index (χ0) is 12.1. The van der Waals surface area contributed by atoms with Crippen LogP contribution in [0.2, 0.25) is 0 Å². The molecule has 1 aromatic rings. The third-order valence-corrected chi connectivity index (χ3v) is 2.17. The van der Waals surface area contributed by atoms with E-state index in [1.807, 2.05) is 0 Å². The first-order chi connectivity index (χ1) is 7.65. The second kappa shape index (κ2) is 5.16. The Morgan fingerprint density at radius 2 is 2.12 bits per heavy atom. The summed E-state index contributed by atoms with van der Waals surface area (Å²) in [5, 5.41) is 10.8. The standard InChI is InChI=1S/C11H13NO4/c1-4-5-8-9(12(13)14)6-7-10(15-2)11(8)16-3/h4,6-7H,1,5H2,2-3H3. The fourth-order valence-electron chi connectivity index (χ4n) is 1.49. The zero-order valence-electron chi connectivity index (χ0n) is 9.23. The molecule has 0 aliphatic carbocycles. The van der Waals surface area contributed by atoms with Crippen LogP contribution >= 0.6 is 0 Å². The van der Waals surface area contributed by atoms with Crippen molar-refractivity contribution >= 4 is 5.69 Å². The zero-order valence-corrected chi connectivity index (χ0v) is 9.23. The highest BCUT2D eigenvalue weighted by Crippen LogP contribution is 2.37. The molecule has 86 valence electrons. The lowest BCUT2D eigenvalue weighted by molar-refractivity contribution is -0.385. The second-order valence-corrected chi connectivity index (χ2v) is 3.05. The van der Waals surface area contributed by atoms with Gasteiger partial charge in [0.15, 0.2) is 11.5 Å². The summed E-state index contributed by atoms with van der Waals surface area (Å²) in [7, 11) is 2.94. The Labute approximate surface area is 93.4 Å². The molecular weight excluding hydrogens is 210 g/mol. The van der Waals surface area contributed by atoms with E-state index in [9.17, 15) is 10.1 Å². The van der Waals surface area contributed by atoms with Crippen LogP contribution in [0.4, 0.5) is 5.69 Å². The van der Waals surface area contributed by atoms with Crippen LogP contribution in [0.1, 0.15) is 5.56 Å². The molecule has 0 heterocycles. The van der Waals surface area contributed by atoms with Gasteiger partial charge in [0.25, 0.3) is 5.69 Å². The first kappa shape index (κ1) is 12.0. The van der Waals surface area contributed by atoms with E-state index in [2.05, 4.69) is 6.58 Å². The number of nitrogens with zero attached hydrogens (tertiary/aromatic N) is 1. The number of rotatable bonds is 5. The molecule has 0 amide bonds. The van der Waals surface area contributed by atoms with Crippen LogP contribution in [0.15, 0.2) is 24.8 Å². The van der Waals surface area contributed by atoms with Gasteiger partial charge in [-0.3, -0.25) is 10.1 Å². The molecule has 0 aromatic heterocycles. The molecule has 5 heteroatoms. The van der Waals surface area contributed by atoms with Crippen molar-refractivity contribution < 1.29 is 14.4 Å². The molecule has 0 aliphatic rings. The molecule has 1 aromatic carbocycles. The molecule has 5 nitrogen and oxygen atoms in total. The Morgan fingerprint density at radius 3 is 2.56 bits per heavy atom. The molecule has 0 spiro atoms. The lowest BCUT2D eigenvalue weighted by atomic mass is 10.1. The predicted molar refractivity (Wildman–Crippen MR) is 60.1 cm³/mol. The Hall–Kier alpha value is -2.04. The SMILES string of the molecule is C=CCc1c([N+](=O)[O-])ccc(OC)c1OC. The maximum absolute atomic E-state index is 10.8. The minimum Gasteiger partial charge on any atom is -0.493 e. The second-order valence-electron chi connectivity index (χ2n) is 3.05. The number of allylic oxidation sites excluding steroid dienone is 1. The maximum atomic E-state index is 10.8. The minimum atomic E-state index is -0.444. The number of hydrogen-bond donors (Lipinski definition) is 0. The Bertz CT molecular complexity index is 415. The number of benzene rings is 1. The average Bonchev–Trinajstić information content (AvgIpc) is 2.28. The fraction of sp³-hybridized carbons (Fsp3) is 0.273. The number of nitro groups is 1. The topological polar surface area (TPSA) is 61.6 Å². The quantitative estimate of drug-likeness (QED) is 0.436. The van der Waals surface area contributed by atoms with Gasteiger partial charge in [0.2, 0.25) is 0 Å². The lowest BCUT2D eigenvalue weighted by Gasteiger charge is -2.11. The number of methoxy groups -OCH3 is 2. The molecule has 0 fully saturated rings. The van der Waals surface area contributed by atoms with Crippen LogP contribution in [-0.4, -0.2) is 19.1 Å². The van der Waals surface area contributed by atoms with E-state index >= 15 is 0 Å². The molecule has 0 saturated carbocycles. The molecular formula is C11H13NO4. The Kier molecular flexibility index (Phi) is 3.88. The van der Waals surface area contributed by atoms with E-state index in [1.165, 1.54) is 26.4 Å². The van der Waals surface area contributed by atoms with E-state index in [0.29, 0.717) is 23.5 Å². The van der Waals surface area contributed by atoms with Crippen molar-refractivity contribution in [1.29, 1.82) is 0 Å². The van der Waals surface area contributed by atoms with Gasteiger partial charge in [-0.2, -0.15) is 0 Å². The summed E-state index contributed by atoms with van der Waals surface area (Å²) in [5.41, 5.74) is 0.486. The third kappa shape index (κ3) is 2.13. The van der Waals surface area contributed by atoms with Crippen molar-refractivity contribution in [3.8, 4) is 11.5 Å². The van der Waals surface area contributed by atoms with Gasteiger partial charge in [0, 0.05) is 12.5 Å². The van der Waals surface area contributed by atoms with Crippen molar-refractivity contribution in [2.75, 3.05) is 14.2 Å². The average molecular weight is 223 g/mol. The van der Waals surface area contributed by atoms with Crippen LogP contribution in [-0.2, 0) is 6.42 Å². The van der Waals surface area contributed by atoms with E-state index < -0.39 is 4.92 Å². The number of hydrogen-bond acceptors (Lipinski definition) is 4. The van der Waals surface area contributed by atoms with Crippen molar-refractivity contribution in [2.45, 2.75) is 6.42 Å². The molecule has 0 saturated heterocycles. The van der Waals surface area contributed by atoms with Crippen molar-refractivity contribution in [1.82, 2.24) is 0 Å². The van der Waals surface area contributed by atoms with Gasteiger partial charge < -0.3 is 9.47 Å². The van der Waals surface area contributed by atoms with Gasteiger partial charge in [-0.1, -0.05) is 6.08 Å². The van der Waals surface area contributed by atoms with Crippen molar-refractivity contribution in [2.24, 2.45) is 0 Å². The van der Waals surface area contributed by atoms with Crippen molar-refractivity contribution in [3.63, 3.8) is 0 Å². The van der Waals surface area contributed by atoms with Crippen LogP contribution < -0.4 is 9.47 Å². The molecule has 1 rings (SSSR count). The van der Waals surface area contributed by atoms with Gasteiger partial charge >= 0.3 is 0 Å². The van der Waals surface area contributed by atoms with E-state index in [1.54, 1.807) is 6.08 Å². The summed E-state index contributed by atoms with van der Waals surface area (Å²) in [6.07, 6.45) is 1.95. The largest absolute Gasteiger partial charge is 0.493 e. The van der Waals surface area contributed by atoms with Gasteiger partial charge in [-0.05, 0) is 6.07 Å². The van der Waals surface area contributed by atoms with Crippen LogP contribution in [0, 0.1) is 10.1 Å².